The summed E-state index contributed by atoms with van der Waals surface area (Å²) >= 11 is 1.38. The van der Waals surface area contributed by atoms with Gasteiger partial charge in [0.15, 0.2) is 4.87 Å². The number of rotatable bonds is 3. The Kier molecular flexibility index (Phi) is 5.01. The van der Waals surface area contributed by atoms with E-state index in [2.05, 4.69) is 0 Å². The lowest BCUT2D eigenvalue weighted by molar-refractivity contribution is -0.123. The van der Waals surface area contributed by atoms with Crippen molar-refractivity contribution in [3.05, 3.63) is 101 Å². The molecular weight excluding hydrogens is 430 g/mol. The average Bonchev–Trinajstić information content (AvgIpc) is 3.31. The molecule has 1 spiro atoms. The molecule has 3 aromatic carbocycles. The third-order valence-electron chi connectivity index (χ3n) is 5.93. The second-order valence-electron chi connectivity index (χ2n) is 7.97. The van der Waals surface area contributed by atoms with Gasteiger partial charge in [0.05, 0.1) is 17.8 Å². The molecule has 0 N–H and O–H groups in total. The highest BCUT2D eigenvalue weighted by molar-refractivity contribution is 8.01. The topological polar surface area (TPSA) is 40.6 Å². The van der Waals surface area contributed by atoms with E-state index in [1.807, 2.05) is 25.1 Å². The van der Waals surface area contributed by atoms with Crippen molar-refractivity contribution in [1.29, 1.82) is 0 Å². The molecule has 0 bridgehead atoms. The summed E-state index contributed by atoms with van der Waals surface area (Å²) in [6.07, 6.45) is 0. The van der Waals surface area contributed by atoms with E-state index < -0.39 is 16.6 Å². The molecule has 4 nitrogen and oxygen atoms in total. The zero-order valence-electron chi connectivity index (χ0n) is 17.3. The van der Waals surface area contributed by atoms with Crippen LogP contribution >= 0.6 is 11.8 Å². The fourth-order valence-corrected chi connectivity index (χ4v) is 5.94. The number of thioether (sulfide) groups is 1. The van der Waals surface area contributed by atoms with Crippen LogP contribution in [0.25, 0.3) is 0 Å². The van der Waals surface area contributed by atoms with E-state index in [0.717, 1.165) is 5.56 Å². The molecule has 0 unspecified atom stereocenters. The van der Waals surface area contributed by atoms with Gasteiger partial charge in [0.25, 0.3) is 11.8 Å². The van der Waals surface area contributed by atoms with Gasteiger partial charge in [0, 0.05) is 17.9 Å². The summed E-state index contributed by atoms with van der Waals surface area (Å²) in [4.78, 5) is 29.2. The van der Waals surface area contributed by atoms with Gasteiger partial charge < -0.3 is 9.80 Å². The normalized spacial score (nSPS) is 19.7. The van der Waals surface area contributed by atoms with Crippen molar-refractivity contribution in [1.82, 2.24) is 4.90 Å². The first-order valence-corrected chi connectivity index (χ1v) is 11.3. The van der Waals surface area contributed by atoms with E-state index in [0.29, 0.717) is 29.1 Å². The van der Waals surface area contributed by atoms with Crippen LogP contribution in [0.3, 0.4) is 0 Å². The zero-order valence-corrected chi connectivity index (χ0v) is 18.2. The first-order valence-electron chi connectivity index (χ1n) is 10.3. The Bertz CT molecular complexity index is 1250. The number of carbonyl (C=O) groups excluding carboxylic acids is 2. The number of hydrogen-bond acceptors (Lipinski definition) is 3. The van der Waals surface area contributed by atoms with E-state index in [4.69, 9.17) is 0 Å². The molecule has 7 heteroatoms. The number of fused-ring (bicyclic) bond motifs is 2. The molecule has 2 aliphatic heterocycles. The lowest BCUT2D eigenvalue weighted by atomic mass is 10.0. The third-order valence-corrected chi connectivity index (χ3v) is 7.35. The van der Waals surface area contributed by atoms with Crippen molar-refractivity contribution in [3.63, 3.8) is 0 Å². The minimum Gasteiger partial charge on any atom is -0.311 e. The van der Waals surface area contributed by atoms with Gasteiger partial charge >= 0.3 is 0 Å². The van der Waals surface area contributed by atoms with E-state index in [-0.39, 0.29) is 23.8 Å². The molecule has 1 atom stereocenters. The summed E-state index contributed by atoms with van der Waals surface area (Å²) in [5, 5.41) is 0. The van der Waals surface area contributed by atoms with Crippen LogP contribution in [0.4, 0.5) is 14.5 Å². The largest absolute Gasteiger partial charge is 0.311 e. The maximum absolute atomic E-state index is 14.4. The Labute approximate surface area is 188 Å². The standard InChI is InChI=1S/C25H20F2N2O2S/c1-16-9-10-22-20(13-16)25(24(31)28(22)15-17-5-4-6-18(26)14-17)29(11-12-32-25)23(30)19-7-2-3-8-21(19)27/h2-10,13-14H,11-12,15H2,1H3/t25-/m1/s1. The van der Waals surface area contributed by atoms with Crippen LogP contribution in [0, 0.1) is 18.6 Å². The second-order valence-corrected chi connectivity index (χ2v) is 9.26. The quantitative estimate of drug-likeness (QED) is 0.572. The molecule has 5 rings (SSSR count). The minimum atomic E-state index is -1.27. The molecule has 2 aliphatic rings. The van der Waals surface area contributed by atoms with Crippen LogP contribution in [0.1, 0.15) is 27.0 Å². The Hall–Kier alpha value is -3.19. The number of carbonyl (C=O) groups is 2. The number of amides is 2. The lowest BCUT2D eigenvalue weighted by Gasteiger charge is -2.33. The smallest absolute Gasteiger partial charge is 0.268 e. The summed E-state index contributed by atoms with van der Waals surface area (Å²) < 4.78 is 28.2. The lowest BCUT2D eigenvalue weighted by Crippen LogP contribution is -2.50. The van der Waals surface area contributed by atoms with Crippen LogP contribution in [-0.4, -0.2) is 29.0 Å². The Morgan fingerprint density at radius 1 is 1.06 bits per heavy atom. The fraction of sp³-hybridized carbons (Fsp3) is 0.200. The maximum atomic E-state index is 14.4. The van der Waals surface area contributed by atoms with E-state index >= 15 is 0 Å². The number of hydrogen-bond donors (Lipinski definition) is 0. The first kappa shape index (κ1) is 20.7. The predicted molar refractivity (Wildman–Crippen MR) is 120 cm³/mol. The molecule has 32 heavy (non-hydrogen) atoms. The van der Waals surface area contributed by atoms with E-state index in [1.165, 1.54) is 47.0 Å². The Morgan fingerprint density at radius 2 is 1.88 bits per heavy atom. The average molecular weight is 451 g/mol. The van der Waals surface area contributed by atoms with Gasteiger partial charge in [0.2, 0.25) is 0 Å². The molecule has 0 aliphatic carbocycles. The van der Waals surface area contributed by atoms with Gasteiger partial charge in [-0.05, 0) is 42.8 Å². The summed E-state index contributed by atoms with van der Waals surface area (Å²) in [7, 11) is 0. The number of aryl methyl sites for hydroxylation is 1. The maximum Gasteiger partial charge on any atom is 0.268 e. The molecule has 162 valence electrons. The molecule has 1 fully saturated rings. The van der Waals surface area contributed by atoms with Crippen molar-refractivity contribution in [3.8, 4) is 0 Å². The van der Waals surface area contributed by atoms with Crippen molar-refractivity contribution in [2.75, 3.05) is 17.2 Å². The number of benzene rings is 3. The minimum absolute atomic E-state index is 0.0556. The summed E-state index contributed by atoms with van der Waals surface area (Å²) in [6.45, 7) is 2.43. The Balaban J connectivity index is 1.61. The molecule has 2 amide bonds. The second kappa shape index (κ2) is 7.74. The molecule has 3 aromatic rings. The number of halogens is 2. The Morgan fingerprint density at radius 3 is 2.66 bits per heavy atom. The van der Waals surface area contributed by atoms with Gasteiger partial charge in [-0.1, -0.05) is 42.0 Å². The first-order chi connectivity index (χ1) is 15.4. The molecular formula is C25H20F2N2O2S. The van der Waals surface area contributed by atoms with Crippen LogP contribution in [0.2, 0.25) is 0 Å². The molecule has 1 saturated heterocycles. The van der Waals surface area contributed by atoms with Gasteiger partial charge in [-0.25, -0.2) is 8.78 Å². The van der Waals surface area contributed by atoms with Gasteiger partial charge in [-0.15, -0.1) is 11.8 Å². The summed E-state index contributed by atoms with van der Waals surface area (Å²) in [6, 6.07) is 17.6. The van der Waals surface area contributed by atoms with Gasteiger partial charge in [-0.2, -0.15) is 0 Å². The summed E-state index contributed by atoms with van der Waals surface area (Å²) in [5.74, 6) is -1.22. The fourth-order valence-electron chi connectivity index (χ4n) is 4.48. The summed E-state index contributed by atoms with van der Waals surface area (Å²) in [5.41, 5.74) is 2.95. The molecule has 0 radical (unpaired) electrons. The number of anilines is 1. The van der Waals surface area contributed by atoms with E-state index in [9.17, 15) is 18.4 Å². The van der Waals surface area contributed by atoms with E-state index in [1.54, 1.807) is 23.1 Å². The van der Waals surface area contributed by atoms with Crippen LogP contribution in [0.5, 0.6) is 0 Å². The monoisotopic (exact) mass is 450 g/mol. The van der Waals surface area contributed by atoms with Crippen LogP contribution in [0.15, 0.2) is 66.7 Å². The molecule has 2 heterocycles. The highest BCUT2D eigenvalue weighted by Gasteiger charge is 2.59. The van der Waals surface area contributed by atoms with Crippen molar-refractivity contribution in [2.24, 2.45) is 0 Å². The van der Waals surface area contributed by atoms with Gasteiger partial charge in [-0.3, -0.25) is 9.59 Å². The third kappa shape index (κ3) is 3.11. The van der Waals surface area contributed by atoms with Crippen LogP contribution < -0.4 is 4.90 Å². The zero-order chi connectivity index (χ0) is 22.5. The predicted octanol–water partition coefficient (Wildman–Crippen LogP) is 4.86. The number of nitrogens with zero attached hydrogens (tertiary/aromatic N) is 2. The van der Waals surface area contributed by atoms with Crippen LogP contribution in [-0.2, 0) is 16.2 Å². The van der Waals surface area contributed by atoms with Crippen molar-refractivity contribution < 1.29 is 18.4 Å². The van der Waals surface area contributed by atoms with Crippen molar-refractivity contribution >= 4 is 29.3 Å². The van der Waals surface area contributed by atoms with Gasteiger partial charge in [0.1, 0.15) is 11.6 Å². The highest BCUT2D eigenvalue weighted by atomic mass is 32.2. The highest BCUT2D eigenvalue weighted by Crippen LogP contribution is 2.55. The molecule has 0 saturated carbocycles. The SMILES string of the molecule is Cc1ccc2c(c1)[C@@]1(SCCN1C(=O)c1ccccc1F)C(=O)N2Cc1cccc(F)c1. The molecule has 0 aromatic heterocycles. The van der Waals surface area contributed by atoms with Crippen molar-refractivity contribution in [2.45, 2.75) is 18.3 Å².